The van der Waals surface area contributed by atoms with Crippen LogP contribution in [0, 0.1) is 5.92 Å². The first kappa shape index (κ1) is 45.0. The minimum absolute atomic E-state index is 0.175. The summed E-state index contributed by atoms with van der Waals surface area (Å²) in [6.07, 6.45) is 25.6. The van der Waals surface area contributed by atoms with Crippen molar-refractivity contribution in [2.45, 2.75) is 50.2 Å². The number of para-hydroxylation sites is 2. The second-order valence-corrected chi connectivity index (χ2v) is 17.9. The van der Waals surface area contributed by atoms with Crippen LogP contribution in [0.15, 0.2) is 228 Å². The number of nitrogens with zero attached hydrogens (tertiary/aromatic N) is 1. The van der Waals surface area contributed by atoms with Crippen molar-refractivity contribution < 1.29 is 0 Å². The van der Waals surface area contributed by atoms with Gasteiger partial charge in [-0.3, -0.25) is 0 Å². The number of aromatic nitrogens is 1. The van der Waals surface area contributed by atoms with Crippen LogP contribution in [0.2, 0.25) is 0 Å². The average Bonchev–Trinajstić information content (AvgIpc) is 3.62. The van der Waals surface area contributed by atoms with Crippen LogP contribution < -0.4 is 0 Å². The molecule has 0 radical (unpaired) electrons. The Morgan fingerprint density at radius 2 is 1.54 bits per heavy atom. The minimum atomic E-state index is 0.175. The maximum atomic E-state index is 4.40. The molecule has 0 aliphatic carbocycles. The molecule has 2 unspecified atom stereocenters. The Bertz CT molecular complexity index is 2460. The molecule has 2 atom stereocenters. The molecule has 0 aliphatic heterocycles. The SMILES string of the molecule is C=C/C=C\C(SC(=C)/C(C)=C/C=C)=C(/C)CCc1cc2ccccc2cc1SCC(SC(=C)C=C)C(CC=C)C(/C=C\C)=C/c1cn(-c2ccccc2)c2ccccc12. The topological polar surface area (TPSA) is 4.93 Å². The van der Waals surface area contributed by atoms with E-state index in [2.05, 4.69) is 192 Å². The van der Waals surface area contributed by atoms with Gasteiger partial charge in [0.1, 0.15) is 0 Å². The fourth-order valence-corrected chi connectivity index (χ4v) is 10.5. The van der Waals surface area contributed by atoms with E-state index in [0.29, 0.717) is 0 Å². The van der Waals surface area contributed by atoms with Crippen LogP contribution in [0.3, 0.4) is 0 Å². The molecule has 5 aromatic rings. The second-order valence-electron chi connectivity index (χ2n) is 14.4. The van der Waals surface area contributed by atoms with E-state index >= 15 is 0 Å². The summed E-state index contributed by atoms with van der Waals surface area (Å²) in [4.78, 5) is 4.50. The van der Waals surface area contributed by atoms with Crippen molar-refractivity contribution in [3.8, 4) is 5.69 Å². The fourth-order valence-electron chi connectivity index (χ4n) is 7.05. The summed E-state index contributed by atoms with van der Waals surface area (Å²) in [5.74, 6) is 1.06. The van der Waals surface area contributed by atoms with Gasteiger partial charge in [-0.05, 0) is 109 Å². The van der Waals surface area contributed by atoms with Crippen molar-refractivity contribution in [2.24, 2.45) is 5.92 Å². The highest BCUT2D eigenvalue weighted by molar-refractivity contribution is 8.07. The number of thioether (sulfide) groups is 3. The standard InChI is InChI=1S/C55H57NS3/c1-10-15-32-53(59-43(9)40(6)23-11-2)41(7)33-34-47-35-44-26-19-20-27-45(44)37-54(47)57-39-55(58-42(8)14-5)51(25-13-4)46(24-12-3)36-48-38-56(49-28-17-16-18-29-49)52-31-22-21-30-50(48)52/h10-24,26-32,35-38,51,55H,1-2,4-5,8-9,25,33-34,39H2,3,6-7H3/b24-12-,32-15-,40-23+,46-36+,53-41-. The first-order valence-electron chi connectivity index (χ1n) is 20.1. The summed E-state index contributed by atoms with van der Waals surface area (Å²) in [6.45, 7) is 31.3. The van der Waals surface area contributed by atoms with E-state index in [4.69, 9.17) is 0 Å². The predicted molar refractivity (Wildman–Crippen MR) is 271 cm³/mol. The number of allylic oxidation sites excluding steroid dienone is 12. The Morgan fingerprint density at radius 3 is 2.24 bits per heavy atom. The molecule has 1 nitrogen and oxygen atoms in total. The van der Waals surface area contributed by atoms with Gasteiger partial charge >= 0.3 is 0 Å². The number of hydrogen-bond donors (Lipinski definition) is 0. The molecule has 0 aliphatic rings. The lowest BCUT2D eigenvalue weighted by molar-refractivity contribution is 0.639. The molecule has 0 amide bonds. The number of benzene rings is 4. The molecule has 4 heteroatoms. The summed E-state index contributed by atoms with van der Waals surface area (Å²) in [7, 11) is 0. The first-order valence-corrected chi connectivity index (χ1v) is 22.8. The van der Waals surface area contributed by atoms with Crippen molar-refractivity contribution in [1.82, 2.24) is 4.57 Å². The third kappa shape index (κ3) is 12.2. The van der Waals surface area contributed by atoms with E-state index in [1.807, 2.05) is 53.9 Å². The zero-order valence-electron chi connectivity index (χ0n) is 34.9. The molecule has 0 saturated heterocycles. The molecule has 0 saturated carbocycles. The van der Waals surface area contributed by atoms with Gasteiger partial charge in [-0.25, -0.2) is 0 Å². The van der Waals surface area contributed by atoms with E-state index < -0.39 is 0 Å². The maximum absolute atomic E-state index is 4.40. The Kier molecular flexibility index (Phi) is 17.4. The highest BCUT2D eigenvalue weighted by Gasteiger charge is 2.26. The van der Waals surface area contributed by atoms with E-state index in [1.54, 1.807) is 11.8 Å². The van der Waals surface area contributed by atoms with Crippen LogP contribution in [0.4, 0.5) is 0 Å². The van der Waals surface area contributed by atoms with E-state index in [-0.39, 0.29) is 11.2 Å². The Labute approximate surface area is 366 Å². The summed E-state index contributed by atoms with van der Waals surface area (Å²) < 4.78 is 2.30. The zero-order valence-corrected chi connectivity index (χ0v) is 37.4. The molecule has 300 valence electrons. The van der Waals surface area contributed by atoms with Crippen molar-refractivity contribution >= 4 is 63.0 Å². The molecular weight excluding hydrogens is 771 g/mol. The molecular formula is C55H57NS3. The highest BCUT2D eigenvalue weighted by atomic mass is 32.2. The number of hydrogen-bond acceptors (Lipinski definition) is 3. The summed E-state index contributed by atoms with van der Waals surface area (Å²) in [6, 6.07) is 32.7. The number of rotatable bonds is 22. The first-order chi connectivity index (χ1) is 28.7. The fraction of sp³-hybridized carbons (Fsp3) is 0.164. The third-order valence-corrected chi connectivity index (χ3v) is 14.2. The quantitative estimate of drug-likeness (QED) is 0.0389. The minimum Gasteiger partial charge on any atom is -0.316 e. The smallest absolute Gasteiger partial charge is 0.0534 e. The summed E-state index contributed by atoms with van der Waals surface area (Å²) in [5, 5.41) is 3.93. The van der Waals surface area contributed by atoms with E-state index in [9.17, 15) is 0 Å². The van der Waals surface area contributed by atoms with E-state index in [1.165, 1.54) is 53.7 Å². The predicted octanol–water partition coefficient (Wildman–Crippen LogP) is 16.9. The second kappa shape index (κ2) is 22.9. The van der Waals surface area contributed by atoms with Gasteiger partial charge < -0.3 is 4.57 Å². The van der Waals surface area contributed by atoms with Crippen molar-refractivity contribution in [2.75, 3.05) is 5.75 Å². The highest BCUT2D eigenvalue weighted by Crippen LogP contribution is 2.41. The van der Waals surface area contributed by atoms with Crippen LogP contribution in [0.25, 0.3) is 33.4 Å². The lowest BCUT2D eigenvalue weighted by atomic mass is 9.90. The molecule has 1 aromatic heterocycles. The summed E-state index contributed by atoms with van der Waals surface area (Å²) >= 11 is 5.49. The van der Waals surface area contributed by atoms with Gasteiger partial charge in [-0.15, -0.1) is 30.1 Å². The molecule has 0 N–H and O–H groups in total. The average molecular weight is 828 g/mol. The molecule has 0 fully saturated rings. The van der Waals surface area contributed by atoms with Gasteiger partial charge in [0.2, 0.25) is 0 Å². The Morgan fingerprint density at radius 1 is 0.831 bits per heavy atom. The van der Waals surface area contributed by atoms with Crippen molar-refractivity contribution in [1.29, 1.82) is 0 Å². The van der Waals surface area contributed by atoms with Crippen LogP contribution in [-0.2, 0) is 6.42 Å². The van der Waals surface area contributed by atoms with Gasteiger partial charge in [0.15, 0.2) is 0 Å². The molecule has 0 spiro atoms. The molecule has 1 heterocycles. The number of fused-ring (bicyclic) bond motifs is 2. The van der Waals surface area contributed by atoms with Crippen LogP contribution in [0.1, 0.15) is 44.7 Å². The van der Waals surface area contributed by atoms with Crippen LogP contribution >= 0.6 is 35.3 Å². The van der Waals surface area contributed by atoms with Gasteiger partial charge in [-0.2, -0.15) is 0 Å². The van der Waals surface area contributed by atoms with Crippen molar-refractivity contribution in [3.05, 3.63) is 234 Å². The van der Waals surface area contributed by atoms with E-state index in [0.717, 1.165) is 46.1 Å². The lowest BCUT2D eigenvalue weighted by Gasteiger charge is -2.28. The summed E-state index contributed by atoms with van der Waals surface area (Å²) in [5.41, 5.74) is 8.59. The lowest BCUT2D eigenvalue weighted by Crippen LogP contribution is -2.21. The molecule has 4 aromatic carbocycles. The molecule has 5 rings (SSSR count). The number of aryl methyl sites for hydroxylation is 1. The third-order valence-electron chi connectivity index (χ3n) is 10.2. The molecule has 0 bridgehead atoms. The van der Waals surface area contributed by atoms with Gasteiger partial charge in [-0.1, -0.05) is 166 Å². The maximum Gasteiger partial charge on any atom is 0.0534 e. The van der Waals surface area contributed by atoms with Gasteiger partial charge in [0.05, 0.1) is 5.52 Å². The van der Waals surface area contributed by atoms with Crippen LogP contribution in [-0.4, -0.2) is 15.6 Å². The normalized spacial score (nSPS) is 13.7. The van der Waals surface area contributed by atoms with Crippen LogP contribution in [0.5, 0.6) is 0 Å². The Hall–Kier alpha value is -5.13. The zero-order chi connectivity index (χ0) is 42.1. The largest absolute Gasteiger partial charge is 0.316 e. The molecule has 59 heavy (non-hydrogen) atoms. The monoisotopic (exact) mass is 827 g/mol. The Balaban J connectivity index is 1.52. The van der Waals surface area contributed by atoms with Gasteiger partial charge in [0, 0.05) is 54.5 Å². The van der Waals surface area contributed by atoms with Gasteiger partial charge in [0.25, 0.3) is 0 Å². The van der Waals surface area contributed by atoms with Crippen molar-refractivity contribution in [3.63, 3.8) is 0 Å².